The van der Waals surface area contributed by atoms with Crippen LogP contribution < -0.4 is 29.1 Å². The van der Waals surface area contributed by atoms with Crippen molar-refractivity contribution in [1.82, 2.24) is 9.47 Å². The standard InChI is InChI=1S/C35H37N3O7S/c1-7-37(8-2)34(41)30-21(4)36-35-38(32(30)31-24-13-11-10-12-23(24)15-17-26(31)42-5)33(40)28(46-35)19-22-14-16-25(27(18-22)43-6)45-20-29(39)44-9-3/h10-19,32H,7-9,20H2,1-6H3/b28-19+/t32-/m0/s1. The Morgan fingerprint density at radius 1 is 0.978 bits per heavy atom. The molecule has 240 valence electrons. The zero-order valence-electron chi connectivity index (χ0n) is 26.8. The number of rotatable bonds is 11. The van der Waals surface area contributed by atoms with Crippen LogP contribution in [0.5, 0.6) is 17.2 Å². The average Bonchev–Trinajstić information content (AvgIpc) is 3.36. The van der Waals surface area contributed by atoms with Crippen LogP contribution in [0, 0.1) is 0 Å². The SMILES string of the molecule is CCOC(=O)COc1ccc(/C=c2/sc3n(c2=O)[C@H](c2c(OC)ccc4ccccc24)C(C(=O)N(CC)CC)=C(C)N=3)cc1OC. The van der Waals surface area contributed by atoms with Crippen LogP contribution in [-0.4, -0.2) is 61.9 Å². The van der Waals surface area contributed by atoms with Crippen LogP contribution >= 0.6 is 11.3 Å². The molecule has 10 nitrogen and oxygen atoms in total. The molecular formula is C35H37N3O7S. The van der Waals surface area contributed by atoms with Gasteiger partial charge in [0.15, 0.2) is 22.9 Å². The third-order valence-corrected chi connectivity index (χ3v) is 8.85. The molecule has 0 N–H and O–H groups in total. The summed E-state index contributed by atoms with van der Waals surface area (Å²) in [6.07, 6.45) is 1.75. The molecule has 0 spiro atoms. The van der Waals surface area contributed by atoms with Gasteiger partial charge in [-0.05, 0) is 68.3 Å². The van der Waals surface area contributed by atoms with Gasteiger partial charge in [0, 0.05) is 18.7 Å². The maximum absolute atomic E-state index is 14.4. The Morgan fingerprint density at radius 3 is 2.39 bits per heavy atom. The molecule has 1 atom stereocenters. The van der Waals surface area contributed by atoms with Crippen molar-refractivity contribution in [3.8, 4) is 17.2 Å². The fraction of sp³-hybridized carbons (Fsp3) is 0.314. The van der Waals surface area contributed by atoms with Crippen molar-refractivity contribution in [2.75, 3.05) is 40.5 Å². The topological polar surface area (TPSA) is 109 Å². The molecule has 0 aliphatic carbocycles. The summed E-state index contributed by atoms with van der Waals surface area (Å²) in [7, 11) is 3.09. The average molecular weight is 644 g/mol. The lowest BCUT2D eigenvalue weighted by Crippen LogP contribution is -2.43. The van der Waals surface area contributed by atoms with E-state index in [4.69, 9.17) is 23.9 Å². The van der Waals surface area contributed by atoms with Crippen LogP contribution in [0.4, 0.5) is 0 Å². The molecule has 0 radical (unpaired) electrons. The molecule has 4 aromatic rings. The molecule has 0 saturated carbocycles. The van der Waals surface area contributed by atoms with E-state index in [2.05, 4.69) is 0 Å². The van der Waals surface area contributed by atoms with Gasteiger partial charge >= 0.3 is 5.97 Å². The van der Waals surface area contributed by atoms with Crippen LogP contribution in [0.1, 0.15) is 44.9 Å². The van der Waals surface area contributed by atoms with Gasteiger partial charge in [-0.1, -0.05) is 47.7 Å². The summed E-state index contributed by atoms with van der Waals surface area (Å²) in [6, 6.07) is 16.1. The van der Waals surface area contributed by atoms with E-state index in [-0.39, 0.29) is 24.7 Å². The molecule has 0 fully saturated rings. The minimum atomic E-state index is -0.777. The second-order valence-corrected chi connectivity index (χ2v) is 11.5. The Morgan fingerprint density at radius 2 is 1.70 bits per heavy atom. The van der Waals surface area contributed by atoms with Gasteiger partial charge in [-0.3, -0.25) is 14.2 Å². The molecular weight excluding hydrogens is 606 g/mol. The normalized spacial score (nSPS) is 14.5. The number of ether oxygens (including phenoxy) is 4. The first-order chi connectivity index (χ1) is 22.3. The number of allylic oxidation sites excluding steroid dienone is 1. The highest BCUT2D eigenvalue weighted by molar-refractivity contribution is 7.07. The minimum Gasteiger partial charge on any atom is -0.496 e. The summed E-state index contributed by atoms with van der Waals surface area (Å²) >= 11 is 1.24. The zero-order chi connectivity index (χ0) is 33.0. The number of benzene rings is 3. The first-order valence-electron chi connectivity index (χ1n) is 15.1. The third-order valence-electron chi connectivity index (χ3n) is 7.86. The van der Waals surface area contributed by atoms with Crippen molar-refractivity contribution in [1.29, 1.82) is 0 Å². The smallest absolute Gasteiger partial charge is 0.344 e. The van der Waals surface area contributed by atoms with Crippen molar-refractivity contribution < 1.29 is 28.5 Å². The van der Waals surface area contributed by atoms with E-state index in [0.717, 1.165) is 16.3 Å². The van der Waals surface area contributed by atoms with Crippen molar-refractivity contribution in [3.63, 3.8) is 0 Å². The Bertz CT molecular complexity index is 2010. The molecule has 2 heterocycles. The summed E-state index contributed by atoms with van der Waals surface area (Å²) in [4.78, 5) is 47.3. The number of esters is 1. The minimum absolute atomic E-state index is 0.177. The fourth-order valence-electron chi connectivity index (χ4n) is 5.67. The number of aromatic nitrogens is 1. The number of carbonyl (C=O) groups is 2. The number of thiazole rings is 1. The lowest BCUT2D eigenvalue weighted by Gasteiger charge is -2.30. The molecule has 1 aliphatic heterocycles. The van der Waals surface area contributed by atoms with E-state index in [9.17, 15) is 14.4 Å². The van der Waals surface area contributed by atoms with E-state index >= 15 is 0 Å². The molecule has 1 aliphatic rings. The Labute approximate surface area is 270 Å². The zero-order valence-corrected chi connectivity index (χ0v) is 27.6. The van der Waals surface area contributed by atoms with Gasteiger partial charge in [0.25, 0.3) is 11.5 Å². The van der Waals surface area contributed by atoms with Gasteiger partial charge in [0.1, 0.15) is 11.8 Å². The Kier molecular flexibility index (Phi) is 9.91. The maximum atomic E-state index is 14.4. The van der Waals surface area contributed by atoms with Gasteiger partial charge in [-0.15, -0.1) is 0 Å². The van der Waals surface area contributed by atoms with Gasteiger partial charge < -0.3 is 23.8 Å². The third kappa shape index (κ3) is 6.15. The van der Waals surface area contributed by atoms with Crippen molar-refractivity contribution >= 4 is 40.1 Å². The van der Waals surface area contributed by atoms with E-state index in [1.54, 1.807) is 47.8 Å². The molecule has 46 heavy (non-hydrogen) atoms. The fourth-order valence-corrected chi connectivity index (χ4v) is 6.72. The highest BCUT2D eigenvalue weighted by atomic mass is 32.1. The number of hydrogen-bond acceptors (Lipinski definition) is 9. The first-order valence-corrected chi connectivity index (χ1v) is 15.9. The van der Waals surface area contributed by atoms with Gasteiger partial charge in [-0.2, -0.15) is 0 Å². The predicted octanol–water partition coefficient (Wildman–Crippen LogP) is 4.22. The summed E-state index contributed by atoms with van der Waals surface area (Å²) < 4.78 is 23.9. The van der Waals surface area contributed by atoms with Crippen LogP contribution in [0.3, 0.4) is 0 Å². The van der Waals surface area contributed by atoms with Crippen molar-refractivity contribution in [3.05, 3.63) is 96.7 Å². The largest absolute Gasteiger partial charge is 0.496 e. The van der Waals surface area contributed by atoms with Crippen molar-refractivity contribution in [2.45, 2.75) is 33.7 Å². The highest BCUT2D eigenvalue weighted by Crippen LogP contribution is 2.40. The number of methoxy groups -OCH3 is 2. The van der Waals surface area contributed by atoms with E-state index in [1.165, 1.54) is 18.4 Å². The molecule has 0 bridgehead atoms. The predicted molar refractivity (Wildman–Crippen MR) is 177 cm³/mol. The van der Waals surface area contributed by atoms with Crippen molar-refractivity contribution in [2.24, 2.45) is 4.99 Å². The summed E-state index contributed by atoms with van der Waals surface area (Å²) in [5.74, 6) is 0.672. The second-order valence-electron chi connectivity index (χ2n) is 10.5. The number of likely N-dealkylation sites (N-methyl/N-ethyl adjacent to an activating group) is 1. The number of carbonyl (C=O) groups excluding carboxylic acids is 2. The van der Waals surface area contributed by atoms with Gasteiger partial charge in [0.05, 0.1) is 36.6 Å². The van der Waals surface area contributed by atoms with Crippen LogP contribution in [0.25, 0.3) is 16.8 Å². The summed E-state index contributed by atoms with van der Waals surface area (Å²) in [5.41, 5.74) is 2.10. The van der Waals surface area contributed by atoms with Crippen LogP contribution in [0.15, 0.2) is 75.7 Å². The molecule has 3 aromatic carbocycles. The highest BCUT2D eigenvalue weighted by Gasteiger charge is 2.36. The lowest BCUT2D eigenvalue weighted by atomic mass is 9.90. The first kappa shape index (κ1) is 32.5. The van der Waals surface area contributed by atoms with E-state index in [1.807, 2.05) is 57.2 Å². The van der Waals surface area contributed by atoms with E-state index < -0.39 is 12.0 Å². The Balaban J connectivity index is 1.70. The molecule has 5 rings (SSSR count). The van der Waals surface area contributed by atoms with Crippen LogP contribution in [-0.2, 0) is 14.3 Å². The summed E-state index contributed by atoms with van der Waals surface area (Å²) in [5, 5.41) is 1.84. The number of hydrogen-bond donors (Lipinski definition) is 0. The van der Waals surface area contributed by atoms with E-state index in [0.29, 0.717) is 56.5 Å². The molecule has 0 unspecified atom stereocenters. The second kappa shape index (κ2) is 14.0. The molecule has 1 amide bonds. The molecule has 0 saturated heterocycles. The quantitative estimate of drug-likeness (QED) is 0.225. The maximum Gasteiger partial charge on any atom is 0.344 e. The lowest BCUT2D eigenvalue weighted by molar-refractivity contribution is -0.145. The number of nitrogens with zero attached hydrogens (tertiary/aromatic N) is 3. The Hall–Kier alpha value is -4.90. The molecule has 11 heteroatoms. The number of amides is 1. The van der Waals surface area contributed by atoms with Crippen LogP contribution in [0.2, 0.25) is 0 Å². The van der Waals surface area contributed by atoms with Gasteiger partial charge in [-0.25, -0.2) is 9.79 Å². The molecule has 1 aromatic heterocycles. The number of fused-ring (bicyclic) bond motifs is 2. The monoisotopic (exact) mass is 643 g/mol. The summed E-state index contributed by atoms with van der Waals surface area (Å²) in [6.45, 7) is 8.43. The van der Waals surface area contributed by atoms with Gasteiger partial charge in [0.2, 0.25) is 0 Å².